The Bertz CT molecular complexity index is 886. The Morgan fingerprint density at radius 1 is 0.250 bits per heavy atom. The molecule has 1 N–H and O–H groups in total. The molecular formula is C63H130NO3P. The molecule has 0 aliphatic heterocycles. The monoisotopic (exact) mass is 980 g/mol. The Hall–Kier alpha value is 0.110. The van der Waals surface area contributed by atoms with Crippen molar-refractivity contribution in [1.82, 2.24) is 4.67 Å². The van der Waals surface area contributed by atoms with Gasteiger partial charge in [-0.05, 0) is 19.3 Å². The third-order valence-electron chi connectivity index (χ3n) is 15.4. The van der Waals surface area contributed by atoms with Gasteiger partial charge in [-0.3, -0.25) is 4.52 Å². The van der Waals surface area contributed by atoms with Gasteiger partial charge in [-0.2, -0.15) is 0 Å². The first kappa shape index (κ1) is 68.1. The fraction of sp³-hybridized carbons (Fsp3) is 1.00. The highest BCUT2D eigenvalue weighted by atomic mass is 31.2. The molecule has 410 valence electrons. The summed E-state index contributed by atoms with van der Waals surface area (Å²) in [5, 5.41) is 0. The number of rotatable bonds is 62. The molecule has 68 heavy (non-hydrogen) atoms. The van der Waals surface area contributed by atoms with Crippen LogP contribution in [-0.4, -0.2) is 29.3 Å². The van der Waals surface area contributed by atoms with E-state index in [2.05, 4.69) is 13.8 Å². The van der Waals surface area contributed by atoms with E-state index in [-0.39, 0.29) is 0 Å². The highest BCUT2D eigenvalue weighted by Crippen LogP contribution is 2.46. The molecule has 0 saturated heterocycles. The summed E-state index contributed by atoms with van der Waals surface area (Å²) in [7, 11) is -3.69. The van der Waals surface area contributed by atoms with Gasteiger partial charge in [-0.15, -0.1) is 0 Å². The van der Waals surface area contributed by atoms with E-state index in [1.54, 1.807) is 4.67 Å². The Balaban J connectivity index is 3.58. The molecular weight excluding hydrogens is 850 g/mol. The molecule has 0 aromatic heterocycles. The van der Waals surface area contributed by atoms with Crippen molar-refractivity contribution in [2.75, 3.05) is 19.7 Å². The molecule has 0 bridgehead atoms. The molecule has 4 nitrogen and oxygen atoms in total. The van der Waals surface area contributed by atoms with Gasteiger partial charge in [-0.1, -0.05) is 367 Å². The van der Waals surface area contributed by atoms with E-state index in [4.69, 9.17) is 4.52 Å². The maximum atomic E-state index is 13.1. The Morgan fingerprint density at radius 3 is 0.544 bits per heavy atom. The van der Waals surface area contributed by atoms with Gasteiger partial charge in [0.15, 0.2) is 0 Å². The summed E-state index contributed by atoms with van der Waals surface area (Å²) in [6.45, 7) is 8.37. The van der Waals surface area contributed by atoms with Gasteiger partial charge in [0.25, 0.3) is 0 Å². The summed E-state index contributed by atoms with van der Waals surface area (Å²) in [5.74, 6) is 0. The smallest absolute Gasteiger partial charge is 0.312 e. The molecule has 0 fully saturated rings. The second-order valence-corrected chi connectivity index (χ2v) is 24.2. The molecule has 0 heterocycles. The van der Waals surface area contributed by atoms with Crippen LogP contribution in [0.2, 0.25) is 0 Å². The molecule has 0 aliphatic carbocycles. The van der Waals surface area contributed by atoms with Crippen LogP contribution in [0.1, 0.15) is 387 Å². The average molecular weight is 981 g/mol. The summed E-state index contributed by atoms with van der Waals surface area (Å²) in [6, 6.07) is 0. The summed E-state index contributed by atoms with van der Waals surface area (Å²) in [4.78, 5) is 10.8. The lowest BCUT2D eigenvalue weighted by Crippen LogP contribution is -2.24. The fourth-order valence-corrected chi connectivity index (χ4v) is 12.0. The van der Waals surface area contributed by atoms with Crippen molar-refractivity contribution in [3.8, 4) is 0 Å². The number of nitrogens with zero attached hydrogens (tertiary/aromatic N) is 1. The zero-order chi connectivity index (χ0) is 49.2. The summed E-state index contributed by atoms with van der Waals surface area (Å²) in [5.41, 5.74) is 0. The van der Waals surface area contributed by atoms with E-state index in [9.17, 15) is 9.46 Å². The predicted octanol–water partition coefficient (Wildman–Crippen LogP) is 23.7. The second kappa shape index (κ2) is 59.7. The van der Waals surface area contributed by atoms with Gasteiger partial charge in [0, 0.05) is 13.1 Å². The molecule has 0 saturated carbocycles. The maximum absolute atomic E-state index is 13.1. The van der Waals surface area contributed by atoms with E-state index in [1.165, 1.54) is 334 Å². The Labute approximate surface area is 431 Å². The molecule has 0 spiro atoms. The molecule has 0 aliphatic rings. The van der Waals surface area contributed by atoms with Crippen molar-refractivity contribution in [3.63, 3.8) is 0 Å². The molecule has 0 aromatic carbocycles. The summed E-state index contributed by atoms with van der Waals surface area (Å²) < 4.78 is 20.4. The summed E-state index contributed by atoms with van der Waals surface area (Å²) >= 11 is 0. The van der Waals surface area contributed by atoms with E-state index >= 15 is 0 Å². The topological polar surface area (TPSA) is 49.8 Å². The Kier molecular flexibility index (Phi) is 59.8. The number of hydrogen-bond acceptors (Lipinski definition) is 2. The van der Waals surface area contributed by atoms with Crippen molar-refractivity contribution in [3.05, 3.63) is 0 Å². The number of unbranched alkanes of at least 4 members (excludes halogenated alkanes) is 54. The van der Waals surface area contributed by atoms with E-state index in [0.29, 0.717) is 19.7 Å². The molecule has 1 atom stereocenters. The fourth-order valence-electron chi connectivity index (χ4n) is 10.6. The van der Waals surface area contributed by atoms with Crippen molar-refractivity contribution < 1.29 is 14.0 Å². The highest BCUT2D eigenvalue weighted by molar-refractivity contribution is 7.50. The van der Waals surface area contributed by atoms with Crippen molar-refractivity contribution in [2.24, 2.45) is 0 Å². The van der Waals surface area contributed by atoms with Gasteiger partial charge >= 0.3 is 7.75 Å². The standard InChI is InChI=1S/C63H130NO3P/c1-4-7-9-11-13-15-17-19-21-23-25-27-29-31-33-35-37-39-41-43-45-47-49-51-53-55-57-59-61-64(68(65,66)67-63-6-3)62-60-58-56-54-52-50-48-46-44-42-40-38-36-34-32-30-28-26-24-22-20-18-16-14-12-10-8-5-2/h4-63H2,1-3H3,(H,65,66). The first-order chi connectivity index (χ1) is 33.6. The number of hydrogen-bond donors (Lipinski definition) is 1. The minimum Gasteiger partial charge on any atom is -0.312 e. The van der Waals surface area contributed by atoms with E-state index in [1.807, 2.05) is 6.92 Å². The molecule has 1 unspecified atom stereocenters. The van der Waals surface area contributed by atoms with Crippen LogP contribution in [0, 0.1) is 0 Å². The van der Waals surface area contributed by atoms with Gasteiger partial charge in [0.05, 0.1) is 6.61 Å². The van der Waals surface area contributed by atoms with Gasteiger partial charge in [-0.25, -0.2) is 9.24 Å². The van der Waals surface area contributed by atoms with Crippen LogP contribution >= 0.6 is 7.75 Å². The zero-order valence-electron chi connectivity index (χ0n) is 47.6. The zero-order valence-corrected chi connectivity index (χ0v) is 48.5. The van der Waals surface area contributed by atoms with Crippen LogP contribution in [0.4, 0.5) is 0 Å². The van der Waals surface area contributed by atoms with E-state index < -0.39 is 7.75 Å². The van der Waals surface area contributed by atoms with Crippen LogP contribution in [0.3, 0.4) is 0 Å². The first-order valence-corrected chi connectivity index (χ1v) is 33.8. The molecule has 0 aromatic rings. The van der Waals surface area contributed by atoms with Crippen LogP contribution in [0.15, 0.2) is 0 Å². The Morgan fingerprint density at radius 2 is 0.397 bits per heavy atom. The maximum Gasteiger partial charge on any atom is 0.405 e. The second-order valence-electron chi connectivity index (χ2n) is 22.4. The molecule has 0 amide bonds. The molecule has 0 rings (SSSR count). The average Bonchev–Trinajstić information content (AvgIpc) is 3.34. The SMILES string of the molecule is CCCCCCCCCCCCCCCCCCCCCCCCCCCCCCN(CCCCCCCCCCCCCCCCCCCCCCCCCCCCCC)P(=O)(O)OCCC. The van der Waals surface area contributed by atoms with Crippen LogP contribution in [-0.2, 0) is 9.09 Å². The highest BCUT2D eigenvalue weighted by Gasteiger charge is 2.28. The predicted molar refractivity (Wildman–Crippen MR) is 308 cm³/mol. The largest absolute Gasteiger partial charge is 0.405 e. The first-order valence-electron chi connectivity index (χ1n) is 32.3. The third-order valence-corrected chi connectivity index (χ3v) is 17.0. The quantitative estimate of drug-likeness (QED) is 0.0487. The lowest BCUT2D eigenvalue weighted by molar-refractivity contribution is 0.197. The lowest BCUT2D eigenvalue weighted by atomic mass is 10.0. The van der Waals surface area contributed by atoms with E-state index in [0.717, 1.165) is 32.1 Å². The molecule has 5 heteroatoms. The van der Waals surface area contributed by atoms with Crippen molar-refractivity contribution >= 4 is 7.75 Å². The van der Waals surface area contributed by atoms with Crippen LogP contribution < -0.4 is 0 Å². The molecule has 0 radical (unpaired) electrons. The lowest BCUT2D eigenvalue weighted by Gasteiger charge is -2.26. The summed E-state index contributed by atoms with van der Waals surface area (Å²) in [6.07, 6.45) is 79.5. The minimum atomic E-state index is -3.69. The normalized spacial score (nSPS) is 12.8. The van der Waals surface area contributed by atoms with Crippen molar-refractivity contribution in [2.45, 2.75) is 387 Å². The minimum absolute atomic E-state index is 0.364. The van der Waals surface area contributed by atoms with Crippen molar-refractivity contribution in [1.29, 1.82) is 0 Å². The van der Waals surface area contributed by atoms with Crippen LogP contribution in [0.5, 0.6) is 0 Å². The third kappa shape index (κ3) is 55.4. The van der Waals surface area contributed by atoms with Crippen LogP contribution in [0.25, 0.3) is 0 Å². The van der Waals surface area contributed by atoms with Gasteiger partial charge in [0.1, 0.15) is 0 Å². The van der Waals surface area contributed by atoms with Gasteiger partial charge < -0.3 is 4.89 Å². The van der Waals surface area contributed by atoms with Gasteiger partial charge in [0.2, 0.25) is 0 Å².